The molecule has 0 bridgehead atoms. The molecule has 0 unspecified atom stereocenters. The first-order chi connectivity index (χ1) is 9.29. The topological polar surface area (TPSA) is 101 Å². The van der Waals surface area contributed by atoms with Gasteiger partial charge in [-0.1, -0.05) is 13.8 Å². The first-order valence-corrected chi connectivity index (χ1v) is 7.32. The zero-order chi connectivity index (χ0) is 15.4. The van der Waals surface area contributed by atoms with Crippen LogP contribution in [0.3, 0.4) is 0 Å². The van der Waals surface area contributed by atoms with Crippen LogP contribution in [0.1, 0.15) is 40.8 Å². The van der Waals surface area contributed by atoms with E-state index >= 15 is 0 Å². The molecule has 0 aliphatic heterocycles. The molecule has 0 radical (unpaired) electrons. The Balaban J connectivity index is 3.26. The lowest BCUT2D eigenvalue weighted by atomic mass is 10.2. The van der Waals surface area contributed by atoms with E-state index in [9.17, 15) is 9.59 Å². The molecule has 7 heteroatoms. The molecule has 0 spiro atoms. The fourth-order valence-corrected chi connectivity index (χ4v) is 3.09. The first kappa shape index (κ1) is 16.3. The maximum absolute atomic E-state index is 11.9. The van der Waals surface area contributed by atoms with Crippen LogP contribution in [0, 0.1) is 5.92 Å². The number of rotatable bonds is 6. The Hall–Kier alpha value is -1.76. The fraction of sp³-hybridized carbons (Fsp3) is 0.538. The van der Waals surface area contributed by atoms with Crippen LogP contribution in [-0.2, 0) is 0 Å². The number of amides is 2. The van der Waals surface area contributed by atoms with Crippen molar-refractivity contribution in [3.8, 4) is 0 Å². The summed E-state index contributed by atoms with van der Waals surface area (Å²) < 4.78 is 0. The van der Waals surface area contributed by atoms with Crippen LogP contribution in [0.25, 0.3) is 0 Å². The Morgan fingerprint density at radius 2 is 2.00 bits per heavy atom. The summed E-state index contributed by atoms with van der Waals surface area (Å²) in [4.78, 5) is 25.8. The molecule has 0 saturated heterocycles. The van der Waals surface area contributed by atoms with Crippen molar-refractivity contribution in [2.45, 2.75) is 20.8 Å². The maximum Gasteiger partial charge on any atom is 0.263 e. The van der Waals surface area contributed by atoms with Crippen molar-refractivity contribution in [3.05, 3.63) is 10.4 Å². The van der Waals surface area contributed by atoms with E-state index in [0.717, 1.165) is 6.54 Å². The Kier molecular flexibility index (Phi) is 5.38. The molecule has 2 amide bonds. The minimum absolute atomic E-state index is 0.166. The van der Waals surface area contributed by atoms with Gasteiger partial charge < -0.3 is 21.7 Å². The number of carbonyl (C=O) groups is 2. The molecule has 0 atom stereocenters. The number of nitrogen functional groups attached to an aromatic ring is 1. The Morgan fingerprint density at radius 1 is 1.40 bits per heavy atom. The van der Waals surface area contributed by atoms with Crippen LogP contribution in [0.15, 0.2) is 0 Å². The van der Waals surface area contributed by atoms with Crippen molar-refractivity contribution >= 4 is 33.8 Å². The van der Waals surface area contributed by atoms with Gasteiger partial charge in [0.2, 0.25) is 0 Å². The van der Waals surface area contributed by atoms with E-state index in [4.69, 9.17) is 11.5 Å². The van der Waals surface area contributed by atoms with Gasteiger partial charge in [-0.2, -0.15) is 0 Å². The maximum atomic E-state index is 11.9. The number of hydrogen-bond acceptors (Lipinski definition) is 5. The quantitative estimate of drug-likeness (QED) is 0.736. The van der Waals surface area contributed by atoms with Gasteiger partial charge in [-0.05, 0) is 12.8 Å². The molecule has 112 valence electrons. The number of nitrogens with two attached hydrogens (primary N) is 2. The summed E-state index contributed by atoms with van der Waals surface area (Å²) in [5, 5.41) is 3.33. The smallest absolute Gasteiger partial charge is 0.263 e. The number of thiophene rings is 1. The van der Waals surface area contributed by atoms with Gasteiger partial charge >= 0.3 is 0 Å². The van der Waals surface area contributed by atoms with Gasteiger partial charge in [-0.15, -0.1) is 11.3 Å². The highest BCUT2D eigenvalue weighted by Crippen LogP contribution is 2.37. The second kappa shape index (κ2) is 6.60. The third kappa shape index (κ3) is 3.41. The second-order valence-electron chi connectivity index (χ2n) is 5.02. The zero-order valence-corrected chi connectivity index (χ0v) is 13.1. The molecular weight excluding hydrogens is 276 g/mol. The van der Waals surface area contributed by atoms with Crippen LogP contribution in [0.5, 0.6) is 0 Å². The molecule has 0 fully saturated rings. The van der Waals surface area contributed by atoms with Crippen LogP contribution in [0.4, 0.5) is 10.7 Å². The highest BCUT2D eigenvalue weighted by Gasteiger charge is 2.26. The molecule has 1 heterocycles. The van der Waals surface area contributed by atoms with E-state index in [0.29, 0.717) is 22.3 Å². The Labute approximate surface area is 123 Å². The van der Waals surface area contributed by atoms with E-state index in [-0.39, 0.29) is 17.2 Å². The van der Waals surface area contributed by atoms with Gasteiger partial charge in [0.25, 0.3) is 11.8 Å². The molecule has 0 aromatic carbocycles. The molecule has 6 nitrogen and oxygen atoms in total. The minimum atomic E-state index is -0.611. The summed E-state index contributed by atoms with van der Waals surface area (Å²) in [5.74, 6) is -0.474. The average Bonchev–Trinajstić information content (AvgIpc) is 2.66. The van der Waals surface area contributed by atoms with E-state index in [1.54, 1.807) is 0 Å². The number of carbonyl (C=O) groups excluding carboxylic acids is 2. The van der Waals surface area contributed by atoms with E-state index < -0.39 is 5.91 Å². The lowest BCUT2D eigenvalue weighted by Crippen LogP contribution is -2.25. The van der Waals surface area contributed by atoms with Crippen molar-refractivity contribution in [2.75, 3.05) is 30.8 Å². The third-order valence-electron chi connectivity index (χ3n) is 2.70. The summed E-state index contributed by atoms with van der Waals surface area (Å²) in [7, 11) is 1.86. The SMILES string of the molecule is CCNC(=O)c1sc(N(C)CC(C)C)c(C(N)=O)c1N. The summed E-state index contributed by atoms with van der Waals surface area (Å²) in [6.45, 7) is 7.21. The van der Waals surface area contributed by atoms with Gasteiger partial charge in [0.1, 0.15) is 9.88 Å². The molecule has 1 aromatic heterocycles. The van der Waals surface area contributed by atoms with Gasteiger partial charge in [-0.3, -0.25) is 9.59 Å². The van der Waals surface area contributed by atoms with Crippen LogP contribution in [0.2, 0.25) is 0 Å². The summed E-state index contributed by atoms with van der Waals surface area (Å²) in [5.41, 5.74) is 11.7. The zero-order valence-electron chi connectivity index (χ0n) is 12.3. The fourth-order valence-electron chi connectivity index (χ4n) is 1.98. The van der Waals surface area contributed by atoms with Crippen molar-refractivity contribution in [3.63, 3.8) is 0 Å². The molecule has 0 aliphatic rings. The summed E-state index contributed by atoms with van der Waals surface area (Å²) >= 11 is 1.20. The number of nitrogens with one attached hydrogen (secondary N) is 1. The molecule has 0 saturated carbocycles. The summed E-state index contributed by atoms with van der Waals surface area (Å²) in [6.07, 6.45) is 0. The van der Waals surface area contributed by atoms with E-state index in [1.807, 2.05) is 18.9 Å². The van der Waals surface area contributed by atoms with Crippen molar-refractivity contribution in [2.24, 2.45) is 11.7 Å². The lowest BCUT2D eigenvalue weighted by Gasteiger charge is -2.20. The average molecular weight is 298 g/mol. The Morgan fingerprint density at radius 3 is 2.45 bits per heavy atom. The molecule has 1 aromatic rings. The highest BCUT2D eigenvalue weighted by atomic mass is 32.1. The van der Waals surface area contributed by atoms with Crippen molar-refractivity contribution < 1.29 is 9.59 Å². The minimum Gasteiger partial charge on any atom is -0.397 e. The molecule has 5 N–H and O–H groups in total. The molecular formula is C13H22N4O2S. The van der Waals surface area contributed by atoms with Gasteiger partial charge in [-0.25, -0.2) is 0 Å². The van der Waals surface area contributed by atoms with Gasteiger partial charge in [0.05, 0.1) is 11.3 Å². The third-order valence-corrected chi connectivity index (χ3v) is 4.02. The predicted molar refractivity (Wildman–Crippen MR) is 83.4 cm³/mol. The number of nitrogens with zero attached hydrogens (tertiary/aromatic N) is 1. The normalized spacial score (nSPS) is 10.7. The number of anilines is 2. The van der Waals surface area contributed by atoms with Gasteiger partial charge in [0, 0.05) is 20.1 Å². The molecule has 0 aliphatic carbocycles. The van der Waals surface area contributed by atoms with E-state index in [2.05, 4.69) is 19.2 Å². The summed E-state index contributed by atoms with van der Waals surface area (Å²) in [6, 6.07) is 0. The Bertz CT molecular complexity index is 511. The number of primary amides is 1. The monoisotopic (exact) mass is 298 g/mol. The van der Waals surface area contributed by atoms with Crippen LogP contribution < -0.4 is 21.7 Å². The lowest BCUT2D eigenvalue weighted by molar-refractivity contribution is 0.0960. The second-order valence-corrected chi connectivity index (χ2v) is 6.02. The van der Waals surface area contributed by atoms with Gasteiger partial charge in [0.15, 0.2) is 0 Å². The van der Waals surface area contributed by atoms with Crippen LogP contribution in [-0.4, -0.2) is 32.0 Å². The molecule has 20 heavy (non-hydrogen) atoms. The largest absolute Gasteiger partial charge is 0.397 e. The van der Waals surface area contributed by atoms with Crippen LogP contribution >= 0.6 is 11.3 Å². The highest BCUT2D eigenvalue weighted by molar-refractivity contribution is 7.19. The van der Waals surface area contributed by atoms with Crippen molar-refractivity contribution in [1.82, 2.24) is 5.32 Å². The van der Waals surface area contributed by atoms with E-state index in [1.165, 1.54) is 11.3 Å². The number of hydrogen-bond donors (Lipinski definition) is 3. The standard InChI is InChI=1S/C13H22N4O2S/c1-5-16-12(19)10-9(14)8(11(15)18)13(20-10)17(4)6-7(2)3/h7H,5-6,14H2,1-4H3,(H2,15,18)(H,16,19). The molecule has 1 rings (SSSR count). The first-order valence-electron chi connectivity index (χ1n) is 6.50. The predicted octanol–water partition coefficient (Wildman–Crippen LogP) is 1.27. The van der Waals surface area contributed by atoms with Crippen molar-refractivity contribution in [1.29, 1.82) is 0 Å².